The summed E-state index contributed by atoms with van der Waals surface area (Å²) < 4.78 is 10.9. The molecule has 2 heterocycles. The number of anilines is 3. The lowest BCUT2D eigenvalue weighted by Gasteiger charge is -2.26. The number of azo groups is 1. The summed E-state index contributed by atoms with van der Waals surface area (Å²) in [5.41, 5.74) is 1.68. The van der Waals surface area contributed by atoms with Crippen molar-refractivity contribution in [2.24, 2.45) is 10.2 Å². The summed E-state index contributed by atoms with van der Waals surface area (Å²) in [6, 6.07) is 14.9. The van der Waals surface area contributed by atoms with Crippen LogP contribution in [-0.4, -0.2) is 52.3 Å². The van der Waals surface area contributed by atoms with E-state index in [1.54, 1.807) is 18.2 Å². The van der Waals surface area contributed by atoms with Crippen LogP contribution in [0.25, 0.3) is 0 Å². The Morgan fingerprint density at radius 1 is 1.03 bits per heavy atom. The number of aromatic nitrogens is 3. The van der Waals surface area contributed by atoms with Crippen LogP contribution in [0, 0.1) is 0 Å². The highest BCUT2D eigenvalue weighted by atomic mass is 16.5. The summed E-state index contributed by atoms with van der Waals surface area (Å²) in [6.45, 7) is 3.84. The topological polar surface area (TPSA) is 134 Å². The number of carbonyl (C=O) groups is 1. The number of hydrogen-bond acceptors (Lipinski definition) is 10. The number of piperidine rings is 1. The zero-order chi connectivity index (χ0) is 25.2. The number of nitrogens with one attached hydrogen (secondary N) is 1. The van der Waals surface area contributed by atoms with Crippen LogP contribution < -0.4 is 19.7 Å². The van der Waals surface area contributed by atoms with E-state index in [1.165, 1.54) is 6.42 Å². The Kier molecular flexibility index (Phi) is 8.57. The largest absolute Gasteiger partial charge is 0.490 e. The number of para-hydroxylation sites is 1. The maximum absolute atomic E-state index is 10.8. The first-order valence-corrected chi connectivity index (χ1v) is 11.9. The number of hydrogen-bond donors (Lipinski definition) is 2. The maximum atomic E-state index is 10.8. The van der Waals surface area contributed by atoms with Crippen molar-refractivity contribution >= 4 is 29.5 Å². The summed E-state index contributed by atoms with van der Waals surface area (Å²) in [7, 11) is 0. The third-order valence-corrected chi connectivity index (χ3v) is 5.35. The molecule has 1 saturated heterocycles. The summed E-state index contributed by atoms with van der Waals surface area (Å²) in [4.78, 5) is 26.5. The molecular weight excluding hydrogens is 462 g/mol. The Morgan fingerprint density at radius 3 is 2.58 bits per heavy atom. The fraction of sp³-hybridized carbons (Fsp3) is 0.360. The van der Waals surface area contributed by atoms with Crippen molar-refractivity contribution in [1.29, 1.82) is 0 Å². The van der Waals surface area contributed by atoms with Crippen LogP contribution in [0.15, 0.2) is 58.8 Å². The molecule has 0 atom stereocenters. The zero-order valence-corrected chi connectivity index (χ0v) is 20.1. The predicted molar refractivity (Wildman–Crippen MR) is 135 cm³/mol. The van der Waals surface area contributed by atoms with Crippen molar-refractivity contribution in [2.45, 2.75) is 32.7 Å². The van der Waals surface area contributed by atoms with Crippen molar-refractivity contribution in [1.82, 2.24) is 15.0 Å². The molecule has 0 spiro atoms. The van der Waals surface area contributed by atoms with Gasteiger partial charge < -0.3 is 24.8 Å². The van der Waals surface area contributed by atoms with E-state index in [9.17, 15) is 4.79 Å². The first kappa shape index (κ1) is 24.8. The van der Waals surface area contributed by atoms with Crippen LogP contribution in [0.2, 0.25) is 0 Å². The fourth-order valence-corrected chi connectivity index (χ4v) is 3.70. The minimum atomic E-state index is -1.06. The van der Waals surface area contributed by atoms with Crippen LogP contribution in [0.4, 0.5) is 23.5 Å². The van der Waals surface area contributed by atoms with Gasteiger partial charge in [0.25, 0.3) is 5.95 Å². The second kappa shape index (κ2) is 12.4. The van der Waals surface area contributed by atoms with Crippen LogP contribution in [0.5, 0.6) is 11.5 Å². The van der Waals surface area contributed by atoms with E-state index >= 15 is 0 Å². The number of aliphatic carboxylic acids is 1. The molecule has 11 nitrogen and oxygen atoms in total. The van der Waals surface area contributed by atoms with Crippen molar-refractivity contribution < 1.29 is 19.4 Å². The minimum absolute atomic E-state index is 0.218. The molecule has 1 aromatic heterocycles. The SMILES string of the molecule is CCOc1cc(CN=Nc2nc(Nc3ccccc3)nc(N3CCCCC3)n2)ccc1OCC(=O)O. The van der Waals surface area contributed by atoms with Crippen LogP contribution in [0.3, 0.4) is 0 Å². The van der Waals surface area contributed by atoms with Crippen molar-refractivity contribution in [3.63, 3.8) is 0 Å². The van der Waals surface area contributed by atoms with Gasteiger partial charge in [0.2, 0.25) is 11.9 Å². The second-order valence-corrected chi connectivity index (χ2v) is 8.09. The molecule has 0 aliphatic carbocycles. The standard InChI is InChI=1S/C25H29N7O4/c1-2-35-21-15-18(11-12-20(21)36-17-22(33)34)16-26-31-24-28-23(27-19-9-5-3-6-10-19)29-25(30-24)32-13-7-4-8-14-32/h3,5-6,9-12,15H,2,4,7-8,13-14,16-17H2,1H3,(H,33,34)(H,27,28,29,30). The Morgan fingerprint density at radius 2 is 1.83 bits per heavy atom. The second-order valence-electron chi connectivity index (χ2n) is 8.09. The van der Waals surface area contributed by atoms with Gasteiger partial charge in [0, 0.05) is 18.8 Å². The third kappa shape index (κ3) is 7.11. The quantitative estimate of drug-likeness (QED) is 0.364. The average Bonchev–Trinajstić information content (AvgIpc) is 2.89. The van der Waals surface area contributed by atoms with Crippen molar-refractivity contribution in [2.75, 3.05) is 36.5 Å². The molecule has 2 N–H and O–H groups in total. The van der Waals surface area contributed by atoms with Gasteiger partial charge in [-0.05, 0) is 56.0 Å². The highest BCUT2D eigenvalue weighted by Gasteiger charge is 2.16. The Bertz CT molecular complexity index is 1180. The molecule has 188 valence electrons. The van der Waals surface area contributed by atoms with E-state index in [2.05, 4.69) is 35.4 Å². The van der Waals surface area contributed by atoms with Gasteiger partial charge >= 0.3 is 5.97 Å². The lowest BCUT2D eigenvalue weighted by Crippen LogP contribution is -2.31. The van der Waals surface area contributed by atoms with Gasteiger partial charge in [-0.15, -0.1) is 5.11 Å². The van der Waals surface area contributed by atoms with Crippen LogP contribution in [-0.2, 0) is 11.3 Å². The number of carboxylic acid groups (broad SMARTS) is 1. The lowest BCUT2D eigenvalue weighted by molar-refractivity contribution is -0.139. The smallest absolute Gasteiger partial charge is 0.341 e. The number of ether oxygens (including phenoxy) is 2. The van der Waals surface area contributed by atoms with Crippen LogP contribution in [0.1, 0.15) is 31.7 Å². The molecule has 0 bridgehead atoms. The summed E-state index contributed by atoms with van der Waals surface area (Å²) in [6.07, 6.45) is 3.39. The van der Waals surface area contributed by atoms with Gasteiger partial charge in [0.15, 0.2) is 18.1 Å². The van der Waals surface area contributed by atoms with E-state index in [0.717, 1.165) is 37.2 Å². The maximum Gasteiger partial charge on any atom is 0.341 e. The molecule has 2 aromatic carbocycles. The normalized spacial score (nSPS) is 13.5. The highest BCUT2D eigenvalue weighted by Crippen LogP contribution is 2.29. The molecule has 11 heteroatoms. The summed E-state index contributed by atoms with van der Waals surface area (Å²) >= 11 is 0. The molecule has 4 rings (SSSR count). The Hall–Kier alpha value is -4.28. The van der Waals surface area contributed by atoms with E-state index in [1.807, 2.05) is 37.3 Å². The molecular formula is C25H29N7O4. The molecule has 36 heavy (non-hydrogen) atoms. The molecule has 1 fully saturated rings. The molecule has 0 saturated carbocycles. The van der Waals surface area contributed by atoms with E-state index in [4.69, 9.17) is 14.6 Å². The number of benzene rings is 2. The molecule has 1 aliphatic heterocycles. The lowest BCUT2D eigenvalue weighted by atomic mass is 10.1. The molecule has 3 aromatic rings. The summed E-state index contributed by atoms with van der Waals surface area (Å²) in [5.74, 6) is 0.960. The van der Waals surface area contributed by atoms with Gasteiger partial charge in [0.1, 0.15) is 0 Å². The minimum Gasteiger partial charge on any atom is -0.490 e. The Balaban J connectivity index is 1.52. The van der Waals surface area contributed by atoms with Crippen molar-refractivity contribution in [3.8, 4) is 11.5 Å². The van der Waals surface area contributed by atoms with E-state index < -0.39 is 12.6 Å². The van der Waals surface area contributed by atoms with Gasteiger partial charge in [-0.2, -0.15) is 20.1 Å². The highest BCUT2D eigenvalue weighted by molar-refractivity contribution is 5.68. The van der Waals surface area contributed by atoms with Gasteiger partial charge in [-0.1, -0.05) is 24.3 Å². The van der Waals surface area contributed by atoms with Crippen molar-refractivity contribution in [3.05, 3.63) is 54.1 Å². The molecule has 1 aliphatic rings. The molecule has 0 radical (unpaired) electrons. The first-order chi connectivity index (χ1) is 17.6. The molecule has 0 amide bonds. The number of carboxylic acids is 1. The monoisotopic (exact) mass is 491 g/mol. The predicted octanol–water partition coefficient (Wildman–Crippen LogP) is 4.75. The van der Waals surface area contributed by atoms with Crippen LogP contribution >= 0.6 is 0 Å². The zero-order valence-electron chi connectivity index (χ0n) is 20.1. The fourth-order valence-electron chi connectivity index (χ4n) is 3.70. The van der Waals surface area contributed by atoms with Gasteiger partial charge in [0.05, 0.1) is 13.2 Å². The third-order valence-electron chi connectivity index (χ3n) is 5.35. The summed E-state index contributed by atoms with van der Waals surface area (Å²) in [5, 5.41) is 20.6. The van der Waals surface area contributed by atoms with Gasteiger partial charge in [-0.25, -0.2) is 4.79 Å². The molecule has 0 unspecified atom stereocenters. The number of rotatable bonds is 11. The van der Waals surface area contributed by atoms with Gasteiger partial charge in [-0.3, -0.25) is 0 Å². The Labute approximate surface area is 209 Å². The van der Waals surface area contributed by atoms with E-state index in [0.29, 0.717) is 30.0 Å². The first-order valence-electron chi connectivity index (χ1n) is 11.9. The average molecular weight is 492 g/mol. The number of nitrogens with zero attached hydrogens (tertiary/aromatic N) is 6. The van der Waals surface area contributed by atoms with E-state index in [-0.39, 0.29) is 12.5 Å².